The van der Waals surface area contributed by atoms with Gasteiger partial charge in [-0.2, -0.15) is 0 Å². The van der Waals surface area contributed by atoms with Crippen LogP contribution in [0.2, 0.25) is 0 Å². The van der Waals surface area contributed by atoms with E-state index in [4.69, 9.17) is 4.74 Å². The summed E-state index contributed by atoms with van der Waals surface area (Å²) in [4.78, 5) is 16.4. The fraction of sp³-hybridized carbons (Fsp3) is 0.294. The van der Waals surface area contributed by atoms with Gasteiger partial charge in [0.1, 0.15) is 0 Å². The van der Waals surface area contributed by atoms with Crippen molar-refractivity contribution < 1.29 is 13.7 Å². The number of nitrogens with zero attached hydrogens (tertiary/aromatic N) is 1. The quantitative estimate of drug-likeness (QED) is 0.846. The number of benzene rings is 1. The van der Waals surface area contributed by atoms with Gasteiger partial charge in [0.05, 0.1) is 12.2 Å². The number of nitrogens with one attached hydrogen (secondary N) is 1. The molecule has 1 amide bonds. The Hall–Kier alpha value is -2.05. The molecule has 0 aliphatic rings. The maximum Gasteiger partial charge on any atom is 0.257 e. The van der Waals surface area contributed by atoms with E-state index in [1.165, 1.54) is 0 Å². The third-order valence-corrected chi connectivity index (χ3v) is 4.56. The van der Waals surface area contributed by atoms with E-state index >= 15 is 0 Å². The zero-order chi connectivity index (χ0) is 16.7. The molecule has 0 spiro atoms. The van der Waals surface area contributed by atoms with Crippen LogP contribution in [-0.4, -0.2) is 34.6 Å². The van der Waals surface area contributed by atoms with Crippen LogP contribution in [-0.2, 0) is 21.3 Å². The average Bonchev–Trinajstić information content (AvgIpc) is 2.53. The van der Waals surface area contributed by atoms with Gasteiger partial charge in [-0.3, -0.25) is 14.0 Å². The van der Waals surface area contributed by atoms with E-state index in [9.17, 15) is 9.00 Å². The number of hydrogen-bond donors (Lipinski definition) is 1. The first kappa shape index (κ1) is 17.3. The molecule has 1 unspecified atom stereocenters. The second-order valence-electron chi connectivity index (χ2n) is 5.07. The number of carbonyl (C=O) groups excluding carboxylic acids is 1. The molecule has 0 radical (unpaired) electrons. The number of pyridine rings is 1. The number of hydrogen-bond acceptors (Lipinski definition) is 4. The van der Waals surface area contributed by atoms with Gasteiger partial charge in [0, 0.05) is 47.0 Å². The lowest BCUT2D eigenvalue weighted by Crippen LogP contribution is -2.14. The Morgan fingerprint density at radius 1 is 1.30 bits per heavy atom. The molecule has 0 aliphatic carbocycles. The molecule has 0 bridgehead atoms. The number of amides is 1. The smallest absolute Gasteiger partial charge is 0.257 e. The second-order valence-corrected chi connectivity index (χ2v) is 6.65. The van der Waals surface area contributed by atoms with Crippen LogP contribution in [0.1, 0.15) is 21.6 Å². The Labute approximate surface area is 138 Å². The van der Waals surface area contributed by atoms with Gasteiger partial charge in [0.2, 0.25) is 0 Å². The largest absolute Gasteiger partial charge is 0.384 e. The highest BCUT2D eigenvalue weighted by Crippen LogP contribution is 2.14. The molecule has 0 aliphatic heterocycles. The van der Waals surface area contributed by atoms with Crippen molar-refractivity contribution in [1.82, 2.24) is 4.98 Å². The van der Waals surface area contributed by atoms with E-state index in [0.29, 0.717) is 35.1 Å². The third kappa shape index (κ3) is 5.26. The van der Waals surface area contributed by atoms with E-state index in [0.717, 1.165) is 5.56 Å². The Morgan fingerprint density at radius 3 is 2.87 bits per heavy atom. The van der Waals surface area contributed by atoms with Crippen LogP contribution in [0.5, 0.6) is 0 Å². The molecule has 1 heterocycles. The number of ether oxygens (including phenoxy) is 1. The van der Waals surface area contributed by atoms with Gasteiger partial charge in [-0.1, -0.05) is 12.1 Å². The molecule has 1 aromatic carbocycles. The molecule has 2 rings (SSSR count). The molecule has 1 aromatic heterocycles. The summed E-state index contributed by atoms with van der Waals surface area (Å²) in [5.41, 5.74) is 2.82. The van der Waals surface area contributed by atoms with Crippen LogP contribution in [0, 0.1) is 6.92 Å². The van der Waals surface area contributed by atoms with Gasteiger partial charge in [-0.25, -0.2) is 0 Å². The summed E-state index contributed by atoms with van der Waals surface area (Å²) in [5, 5.41) is 2.85. The lowest BCUT2D eigenvalue weighted by Gasteiger charge is -2.09. The molecule has 122 valence electrons. The van der Waals surface area contributed by atoms with Crippen molar-refractivity contribution in [2.24, 2.45) is 0 Å². The second kappa shape index (κ2) is 8.55. The number of methoxy groups -OCH3 is 1. The van der Waals surface area contributed by atoms with E-state index in [-0.39, 0.29) is 5.91 Å². The third-order valence-electron chi connectivity index (χ3n) is 3.28. The molecule has 1 N–H and O–H groups in total. The maximum absolute atomic E-state index is 12.3. The van der Waals surface area contributed by atoms with Crippen LogP contribution in [0.3, 0.4) is 0 Å². The van der Waals surface area contributed by atoms with Crippen molar-refractivity contribution in [3.8, 4) is 0 Å². The highest BCUT2D eigenvalue weighted by atomic mass is 32.2. The standard InChI is InChI=1S/C17H20N2O3S/c1-13-16(7-4-8-18-13)17(20)19-15-6-3-5-14(11-15)12-23(21)10-9-22-2/h3-8,11H,9-10,12H2,1-2H3,(H,19,20). The molecular weight excluding hydrogens is 312 g/mol. The van der Waals surface area contributed by atoms with Crippen molar-refractivity contribution in [3.63, 3.8) is 0 Å². The van der Waals surface area contributed by atoms with Gasteiger partial charge in [0.15, 0.2) is 0 Å². The predicted octanol–water partition coefficient (Wildman–Crippen LogP) is 2.54. The molecular formula is C17H20N2O3S. The fourth-order valence-electron chi connectivity index (χ4n) is 2.10. The molecule has 0 saturated heterocycles. The van der Waals surface area contributed by atoms with Gasteiger partial charge in [-0.15, -0.1) is 0 Å². The average molecular weight is 332 g/mol. The molecule has 5 nitrogen and oxygen atoms in total. The lowest BCUT2D eigenvalue weighted by molar-refractivity contribution is 0.102. The SMILES string of the molecule is COCCS(=O)Cc1cccc(NC(=O)c2cccnc2C)c1. The van der Waals surface area contributed by atoms with Crippen molar-refractivity contribution in [2.45, 2.75) is 12.7 Å². The summed E-state index contributed by atoms with van der Waals surface area (Å²) in [6, 6.07) is 10.9. The topological polar surface area (TPSA) is 68.3 Å². The highest BCUT2D eigenvalue weighted by molar-refractivity contribution is 7.84. The van der Waals surface area contributed by atoms with Gasteiger partial charge in [-0.05, 0) is 36.8 Å². The minimum absolute atomic E-state index is 0.201. The number of anilines is 1. The van der Waals surface area contributed by atoms with Crippen molar-refractivity contribution >= 4 is 22.4 Å². The normalized spacial score (nSPS) is 11.9. The fourth-order valence-corrected chi connectivity index (χ4v) is 3.14. The van der Waals surface area contributed by atoms with Crippen LogP contribution in [0.25, 0.3) is 0 Å². The molecule has 0 saturated carbocycles. The number of aryl methyl sites for hydroxylation is 1. The summed E-state index contributed by atoms with van der Waals surface area (Å²) in [7, 11) is 0.612. The van der Waals surface area contributed by atoms with Crippen LogP contribution < -0.4 is 5.32 Å². The molecule has 1 atom stereocenters. The Bertz CT molecular complexity index is 704. The van der Waals surface area contributed by atoms with Gasteiger partial charge in [0.25, 0.3) is 5.91 Å². The predicted molar refractivity (Wildman–Crippen MR) is 92.0 cm³/mol. The summed E-state index contributed by atoms with van der Waals surface area (Å²) in [6.07, 6.45) is 1.65. The van der Waals surface area contributed by atoms with E-state index < -0.39 is 10.8 Å². The Kier molecular flexibility index (Phi) is 6.43. The first-order valence-electron chi connectivity index (χ1n) is 7.26. The van der Waals surface area contributed by atoms with Crippen molar-refractivity contribution in [3.05, 3.63) is 59.4 Å². The van der Waals surface area contributed by atoms with Crippen molar-refractivity contribution in [1.29, 1.82) is 0 Å². The lowest BCUT2D eigenvalue weighted by atomic mass is 10.1. The van der Waals surface area contributed by atoms with Crippen LogP contribution >= 0.6 is 0 Å². The van der Waals surface area contributed by atoms with Crippen molar-refractivity contribution in [2.75, 3.05) is 24.8 Å². The summed E-state index contributed by atoms with van der Waals surface area (Å²) in [5.74, 6) is 0.745. The first-order chi connectivity index (χ1) is 11.1. The van der Waals surface area contributed by atoms with E-state index in [1.54, 1.807) is 32.4 Å². The minimum Gasteiger partial charge on any atom is -0.384 e. The van der Waals surface area contributed by atoms with Crippen LogP contribution in [0.4, 0.5) is 5.69 Å². The summed E-state index contributed by atoms with van der Waals surface area (Å²) < 4.78 is 16.8. The minimum atomic E-state index is -0.979. The van der Waals surface area contributed by atoms with Gasteiger partial charge >= 0.3 is 0 Å². The summed E-state index contributed by atoms with van der Waals surface area (Å²) in [6.45, 7) is 2.27. The van der Waals surface area contributed by atoms with E-state index in [1.807, 2.05) is 24.3 Å². The molecule has 23 heavy (non-hydrogen) atoms. The highest BCUT2D eigenvalue weighted by Gasteiger charge is 2.10. The maximum atomic E-state index is 12.3. The van der Waals surface area contributed by atoms with E-state index in [2.05, 4.69) is 10.3 Å². The monoisotopic (exact) mass is 332 g/mol. The summed E-state index contributed by atoms with van der Waals surface area (Å²) >= 11 is 0. The number of carbonyl (C=O) groups is 1. The van der Waals surface area contributed by atoms with Crippen LogP contribution in [0.15, 0.2) is 42.6 Å². The zero-order valence-electron chi connectivity index (χ0n) is 13.2. The molecule has 6 heteroatoms. The Balaban J connectivity index is 2.04. The number of aromatic nitrogens is 1. The van der Waals surface area contributed by atoms with Gasteiger partial charge < -0.3 is 10.1 Å². The zero-order valence-corrected chi connectivity index (χ0v) is 14.1. The number of rotatable bonds is 7. The molecule has 2 aromatic rings. The Morgan fingerprint density at radius 2 is 2.13 bits per heavy atom. The molecule has 0 fully saturated rings. The first-order valence-corrected chi connectivity index (χ1v) is 8.75.